The fourth-order valence-corrected chi connectivity index (χ4v) is 2.91. The number of carbonyl (C=O) groups is 1. The normalized spacial score (nSPS) is 12.9. The van der Waals surface area contributed by atoms with Gasteiger partial charge in [-0.1, -0.05) is 41.3 Å². The quantitative estimate of drug-likeness (QED) is 0.519. The zero-order valence-electron chi connectivity index (χ0n) is 15.7. The van der Waals surface area contributed by atoms with Crippen LogP contribution in [0.15, 0.2) is 53.1 Å². The van der Waals surface area contributed by atoms with Gasteiger partial charge in [-0.05, 0) is 31.2 Å². The summed E-state index contributed by atoms with van der Waals surface area (Å²) in [7, 11) is 0. The van der Waals surface area contributed by atoms with Gasteiger partial charge in [0.2, 0.25) is 11.7 Å². The average Bonchev–Trinajstić information content (AvgIpc) is 3.31. The van der Waals surface area contributed by atoms with Gasteiger partial charge in [0.25, 0.3) is 5.91 Å². The monoisotopic (exact) mass is 387 g/mol. The molecule has 0 aliphatic heterocycles. The molecule has 0 saturated heterocycles. The summed E-state index contributed by atoms with van der Waals surface area (Å²) in [6.45, 7) is 3.13. The maximum absolute atomic E-state index is 11.8. The van der Waals surface area contributed by atoms with E-state index in [1.807, 2.05) is 30.3 Å². The highest BCUT2D eigenvalue weighted by molar-refractivity contribution is 6.04. The van der Waals surface area contributed by atoms with Gasteiger partial charge in [-0.3, -0.25) is 4.79 Å². The first kappa shape index (κ1) is 18.4. The van der Waals surface area contributed by atoms with Crippen molar-refractivity contribution in [2.75, 3.05) is 0 Å². The Morgan fingerprint density at radius 2 is 2.03 bits per heavy atom. The molecule has 0 fully saturated rings. The number of aliphatic hydroxyl groups is 1. The van der Waals surface area contributed by atoms with Gasteiger partial charge in [0.15, 0.2) is 11.3 Å². The van der Waals surface area contributed by atoms with E-state index >= 15 is 0 Å². The SMILES string of the molecule is Cc1nc(C(C)(O)C#Cc2cccc(-n3nc(C(N)=O)c4ccccc43)c2)no1. The van der Waals surface area contributed by atoms with Crippen LogP contribution in [0, 0.1) is 18.8 Å². The van der Waals surface area contributed by atoms with Crippen LogP contribution in [-0.4, -0.2) is 30.9 Å². The Hall–Kier alpha value is -3.96. The second kappa shape index (κ2) is 6.89. The van der Waals surface area contributed by atoms with Gasteiger partial charge >= 0.3 is 0 Å². The Morgan fingerprint density at radius 3 is 2.76 bits per heavy atom. The van der Waals surface area contributed by atoms with Gasteiger partial charge in [-0.25, -0.2) is 4.68 Å². The van der Waals surface area contributed by atoms with Gasteiger partial charge in [0, 0.05) is 17.9 Å². The molecule has 0 aliphatic rings. The number of primary amides is 1. The van der Waals surface area contributed by atoms with Gasteiger partial charge in [-0.2, -0.15) is 10.1 Å². The van der Waals surface area contributed by atoms with E-state index in [0.717, 1.165) is 5.52 Å². The molecule has 29 heavy (non-hydrogen) atoms. The third-order valence-corrected chi connectivity index (χ3v) is 4.32. The highest BCUT2D eigenvalue weighted by atomic mass is 16.5. The molecule has 0 spiro atoms. The number of benzene rings is 2. The smallest absolute Gasteiger partial charge is 0.269 e. The van der Waals surface area contributed by atoms with Gasteiger partial charge in [0.1, 0.15) is 0 Å². The summed E-state index contributed by atoms with van der Waals surface area (Å²) in [6, 6.07) is 14.6. The summed E-state index contributed by atoms with van der Waals surface area (Å²) in [6.07, 6.45) is 0. The fourth-order valence-electron chi connectivity index (χ4n) is 2.91. The maximum Gasteiger partial charge on any atom is 0.269 e. The number of aromatic nitrogens is 4. The topological polar surface area (TPSA) is 120 Å². The third-order valence-electron chi connectivity index (χ3n) is 4.32. The summed E-state index contributed by atoms with van der Waals surface area (Å²) in [5.41, 5.74) is 6.20. The third kappa shape index (κ3) is 3.47. The molecule has 8 heteroatoms. The Balaban J connectivity index is 1.75. The van der Waals surface area contributed by atoms with Gasteiger partial charge in [0.05, 0.1) is 11.2 Å². The van der Waals surface area contributed by atoms with Crippen LogP contribution in [0.4, 0.5) is 0 Å². The second-order valence-corrected chi connectivity index (χ2v) is 6.65. The number of para-hydroxylation sites is 1. The Labute approximate surface area is 166 Å². The van der Waals surface area contributed by atoms with Crippen molar-refractivity contribution in [3.05, 3.63) is 71.5 Å². The van der Waals surface area contributed by atoms with Crippen LogP contribution in [0.25, 0.3) is 16.6 Å². The van der Waals surface area contributed by atoms with E-state index in [4.69, 9.17) is 10.3 Å². The molecule has 0 saturated carbocycles. The van der Waals surface area contributed by atoms with Crippen molar-refractivity contribution in [1.82, 2.24) is 19.9 Å². The van der Waals surface area contributed by atoms with Crippen LogP contribution in [0.3, 0.4) is 0 Å². The molecular weight excluding hydrogens is 370 g/mol. The van der Waals surface area contributed by atoms with Crippen molar-refractivity contribution in [3.63, 3.8) is 0 Å². The molecular formula is C21H17N5O3. The molecule has 3 N–H and O–H groups in total. The molecule has 1 unspecified atom stereocenters. The van der Waals surface area contributed by atoms with E-state index in [0.29, 0.717) is 22.5 Å². The lowest BCUT2D eigenvalue weighted by Crippen LogP contribution is -2.20. The maximum atomic E-state index is 11.8. The van der Waals surface area contributed by atoms with E-state index in [-0.39, 0.29) is 11.5 Å². The van der Waals surface area contributed by atoms with E-state index < -0.39 is 11.5 Å². The van der Waals surface area contributed by atoms with Crippen LogP contribution in [0.2, 0.25) is 0 Å². The Bertz CT molecular complexity index is 1290. The van der Waals surface area contributed by atoms with E-state index in [1.54, 1.807) is 29.8 Å². The first-order valence-corrected chi connectivity index (χ1v) is 8.79. The van der Waals surface area contributed by atoms with Crippen molar-refractivity contribution < 1.29 is 14.4 Å². The predicted molar refractivity (Wildman–Crippen MR) is 105 cm³/mol. The number of nitrogens with zero attached hydrogens (tertiary/aromatic N) is 4. The lowest BCUT2D eigenvalue weighted by atomic mass is 10.1. The molecule has 8 nitrogen and oxygen atoms in total. The number of aryl methyl sites for hydroxylation is 1. The summed E-state index contributed by atoms with van der Waals surface area (Å²) in [5, 5.41) is 19.3. The number of rotatable bonds is 3. The molecule has 2 aromatic carbocycles. The lowest BCUT2D eigenvalue weighted by molar-refractivity contribution is 0.0996. The van der Waals surface area contributed by atoms with Crippen molar-refractivity contribution in [1.29, 1.82) is 0 Å². The Kier molecular flexibility index (Phi) is 4.37. The number of nitrogens with two attached hydrogens (primary N) is 1. The first-order chi connectivity index (χ1) is 13.8. The molecule has 0 aliphatic carbocycles. The van der Waals surface area contributed by atoms with E-state index in [1.165, 1.54) is 6.92 Å². The molecule has 144 valence electrons. The number of amides is 1. The molecule has 4 rings (SSSR count). The van der Waals surface area contributed by atoms with E-state index in [9.17, 15) is 9.90 Å². The molecule has 0 radical (unpaired) electrons. The molecule has 0 bridgehead atoms. The zero-order valence-corrected chi connectivity index (χ0v) is 15.7. The summed E-state index contributed by atoms with van der Waals surface area (Å²) in [4.78, 5) is 15.8. The number of hydrogen-bond acceptors (Lipinski definition) is 6. The minimum absolute atomic E-state index is 0.0998. The molecule has 2 aromatic heterocycles. The number of carbonyl (C=O) groups excluding carboxylic acids is 1. The van der Waals surface area contributed by atoms with Crippen LogP contribution >= 0.6 is 0 Å². The zero-order chi connectivity index (χ0) is 20.6. The minimum Gasteiger partial charge on any atom is -0.371 e. The highest BCUT2D eigenvalue weighted by Crippen LogP contribution is 2.22. The predicted octanol–water partition coefficient (Wildman–Crippen LogP) is 2.08. The summed E-state index contributed by atoms with van der Waals surface area (Å²) in [5.74, 6) is 5.54. The fraction of sp³-hybridized carbons (Fsp3) is 0.143. The largest absolute Gasteiger partial charge is 0.371 e. The van der Waals surface area contributed by atoms with Gasteiger partial charge in [-0.15, -0.1) is 0 Å². The van der Waals surface area contributed by atoms with Crippen molar-refractivity contribution in [2.45, 2.75) is 19.4 Å². The molecule has 4 aromatic rings. The second-order valence-electron chi connectivity index (χ2n) is 6.65. The summed E-state index contributed by atoms with van der Waals surface area (Å²) >= 11 is 0. The highest BCUT2D eigenvalue weighted by Gasteiger charge is 2.26. The van der Waals surface area contributed by atoms with Crippen LogP contribution < -0.4 is 5.73 Å². The standard InChI is InChI=1S/C21H17N5O3/c1-13-23-20(25-29-13)21(2,28)11-10-14-6-5-7-15(12-14)26-17-9-4-3-8-16(17)18(24-26)19(22)27/h3-9,12,28H,1-2H3,(H2,22,27). The minimum atomic E-state index is -1.56. The van der Waals surface area contributed by atoms with Crippen molar-refractivity contribution in [3.8, 4) is 17.5 Å². The van der Waals surface area contributed by atoms with E-state index in [2.05, 4.69) is 27.1 Å². The molecule has 2 heterocycles. The van der Waals surface area contributed by atoms with Gasteiger partial charge < -0.3 is 15.4 Å². The van der Waals surface area contributed by atoms with Crippen molar-refractivity contribution >= 4 is 16.8 Å². The average molecular weight is 387 g/mol. The summed E-state index contributed by atoms with van der Waals surface area (Å²) < 4.78 is 6.54. The first-order valence-electron chi connectivity index (χ1n) is 8.79. The van der Waals surface area contributed by atoms with Crippen LogP contribution in [0.5, 0.6) is 0 Å². The number of fused-ring (bicyclic) bond motifs is 1. The molecule has 1 atom stereocenters. The number of hydrogen-bond donors (Lipinski definition) is 2. The van der Waals surface area contributed by atoms with Crippen LogP contribution in [-0.2, 0) is 5.60 Å². The van der Waals surface area contributed by atoms with Crippen LogP contribution in [0.1, 0.15) is 34.7 Å². The lowest BCUT2D eigenvalue weighted by Gasteiger charge is -2.10. The Morgan fingerprint density at radius 1 is 1.24 bits per heavy atom. The molecule has 1 amide bonds. The van der Waals surface area contributed by atoms with Crippen molar-refractivity contribution in [2.24, 2.45) is 5.73 Å².